The summed E-state index contributed by atoms with van der Waals surface area (Å²) in [4.78, 5) is 24.1. The molecule has 0 unspecified atom stereocenters. The first kappa shape index (κ1) is 17.0. The zero-order valence-corrected chi connectivity index (χ0v) is 14.1. The molecule has 132 valence electrons. The van der Waals surface area contributed by atoms with Crippen molar-refractivity contribution in [3.8, 4) is 0 Å². The molecule has 0 saturated carbocycles. The average Bonchev–Trinajstić information content (AvgIpc) is 3.11. The number of sulfonamides is 1. The Morgan fingerprint density at radius 3 is 2.76 bits per heavy atom. The van der Waals surface area contributed by atoms with Crippen molar-refractivity contribution in [1.82, 2.24) is 24.5 Å². The smallest absolute Gasteiger partial charge is 0.327 e. The first-order valence-electron chi connectivity index (χ1n) is 7.52. The summed E-state index contributed by atoms with van der Waals surface area (Å²) in [6.45, 7) is 1.60. The molecule has 1 aromatic carbocycles. The zero-order valence-electron chi connectivity index (χ0n) is 13.3. The predicted octanol–water partition coefficient (Wildman–Crippen LogP) is -0.0290. The highest BCUT2D eigenvalue weighted by atomic mass is 32.2. The van der Waals surface area contributed by atoms with E-state index in [1.54, 1.807) is 6.07 Å². The molecule has 0 spiro atoms. The van der Waals surface area contributed by atoms with Crippen molar-refractivity contribution in [3.05, 3.63) is 35.7 Å². The second-order valence-corrected chi connectivity index (χ2v) is 7.12. The first-order valence-corrected chi connectivity index (χ1v) is 8.96. The maximum absolute atomic E-state index is 12.4. The lowest BCUT2D eigenvalue weighted by molar-refractivity contribution is -0.145. The molecule has 0 saturated heterocycles. The standard InChI is InChI=1S/C14H15N5O5S/c1-2-7-18-12(15-16-17-18)9-24-13(20)8-19-14(21)10-5-3-4-6-11(10)25(19,22)23/h3-6H,2,7-9H2,1H3. The molecule has 0 fully saturated rings. The molecule has 1 aromatic heterocycles. The third-order valence-corrected chi connectivity index (χ3v) is 5.38. The van der Waals surface area contributed by atoms with Crippen molar-refractivity contribution in [2.75, 3.05) is 6.54 Å². The number of nitrogens with zero attached hydrogens (tertiary/aromatic N) is 5. The average molecular weight is 365 g/mol. The third-order valence-electron chi connectivity index (χ3n) is 3.59. The molecule has 0 atom stereocenters. The summed E-state index contributed by atoms with van der Waals surface area (Å²) in [5, 5.41) is 11.0. The van der Waals surface area contributed by atoms with Gasteiger partial charge in [0.25, 0.3) is 15.9 Å². The topological polar surface area (TPSA) is 124 Å². The van der Waals surface area contributed by atoms with Crippen molar-refractivity contribution in [2.24, 2.45) is 0 Å². The van der Waals surface area contributed by atoms with Crippen LogP contribution in [-0.2, 0) is 32.7 Å². The number of ether oxygens (including phenoxy) is 1. The Bertz CT molecular complexity index is 923. The molecule has 0 aliphatic carbocycles. The Morgan fingerprint density at radius 1 is 1.28 bits per heavy atom. The van der Waals surface area contributed by atoms with Gasteiger partial charge in [0, 0.05) is 6.54 Å². The van der Waals surface area contributed by atoms with Crippen LogP contribution in [-0.4, -0.2) is 51.4 Å². The first-order chi connectivity index (χ1) is 11.9. The number of benzene rings is 1. The van der Waals surface area contributed by atoms with E-state index < -0.39 is 28.4 Å². The van der Waals surface area contributed by atoms with Gasteiger partial charge < -0.3 is 4.74 Å². The van der Waals surface area contributed by atoms with E-state index in [-0.39, 0.29) is 17.1 Å². The van der Waals surface area contributed by atoms with E-state index >= 15 is 0 Å². The SMILES string of the molecule is CCCn1nnnc1COC(=O)CN1C(=O)c2ccccc2S1(=O)=O. The number of amides is 1. The van der Waals surface area contributed by atoms with Gasteiger partial charge in [0.15, 0.2) is 12.4 Å². The summed E-state index contributed by atoms with van der Waals surface area (Å²) in [6.07, 6.45) is 0.796. The number of rotatable bonds is 6. The molecule has 10 nitrogen and oxygen atoms in total. The van der Waals surface area contributed by atoms with E-state index in [2.05, 4.69) is 15.5 Å². The van der Waals surface area contributed by atoms with Crippen molar-refractivity contribution in [2.45, 2.75) is 31.4 Å². The highest BCUT2D eigenvalue weighted by Gasteiger charge is 2.42. The summed E-state index contributed by atoms with van der Waals surface area (Å²) in [7, 11) is -4.04. The minimum absolute atomic E-state index is 0.0437. The van der Waals surface area contributed by atoms with E-state index in [9.17, 15) is 18.0 Å². The van der Waals surface area contributed by atoms with Gasteiger partial charge >= 0.3 is 5.97 Å². The lowest BCUT2D eigenvalue weighted by Gasteiger charge is -2.14. The van der Waals surface area contributed by atoms with Crippen molar-refractivity contribution >= 4 is 21.9 Å². The Balaban J connectivity index is 1.68. The molecule has 11 heteroatoms. The number of hydrogen-bond donors (Lipinski definition) is 0. The highest BCUT2D eigenvalue weighted by Crippen LogP contribution is 2.29. The number of fused-ring (bicyclic) bond motifs is 1. The largest absolute Gasteiger partial charge is 0.456 e. The molecule has 2 heterocycles. The monoisotopic (exact) mass is 365 g/mol. The normalized spacial score (nSPS) is 15.2. The van der Waals surface area contributed by atoms with Gasteiger partial charge in [-0.1, -0.05) is 19.1 Å². The molecule has 0 bridgehead atoms. The van der Waals surface area contributed by atoms with Gasteiger partial charge in [-0.3, -0.25) is 9.59 Å². The van der Waals surface area contributed by atoms with Crippen molar-refractivity contribution in [3.63, 3.8) is 0 Å². The van der Waals surface area contributed by atoms with Gasteiger partial charge in [0.05, 0.1) is 5.56 Å². The zero-order chi connectivity index (χ0) is 18.0. The molecule has 25 heavy (non-hydrogen) atoms. The van der Waals surface area contributed by atoms with Crippen LogP contribution in [0.4, 0.5) is 0 Å². The fourth-order valence-corrected chi connectivity index (χ4v) is 3.92. The number of hydrogen-bond acceptors (Lipinski definition) is 8. The molecule has 1 aliphatic heterocycles. The molecule has 0 radical (unpaired) electrons. The van der Waals surface area contributed by atoms with Crippen LogP contribution in [0.2, 0.25) is 0 Å². The van der Waals surface area contributed by atoms with Gasteiger partial charge in [-0.05, 0) is 29.0 Å². The molecular formula is C14H15N5O5S. The Labute approximate surface area is 143 Å². The Morgan fingerprint density at radius 2 is 2.04 bits per heavy atom. The number of aryl methyl sites for hydroxylation is 1. The predicted molar refractivity (Wildman–Crippen MR) is 82.6 cm³/mol. The van der Waals surface area contributed by atoms with Crippen LogP contribution in [0, 0.1) is 0 Å². The van der Waals surface area contributed by atoms with Crippen LogP contribution in [0.1, 0.15) is 29.5 Å². The minimum Gasteiger partial charge on any atom is -0.456 e. The second-order valence-electron chi connectivity index (χ2n) is 5.29. The van der Waals surface area contributed by atoms with Crippen LogP contribution in [0.15, 0.2) is 29.2 Å². The fraction of sp³-hybridized carbons (Fsp3) is 0.357. The van der Waals surface area contributed by atoms with E-state index in [1.165, 1.54) is 22.9 Å². The van der Waals surface area contributed by atoms with E-state index in [4.69, 9.17) is 4.74 Å². The van der Waals surface area contributed by atoms with E-state index in [0.29, 0.717) is 16.7 Å². The quantitative estimate of drug-likeness (QED) is 0.654. The number of carbonyl (C=O) groups is 2. The van der Waals surface area contributed by atoms with E-state index in [0.717, 1.165) is 6.42 Å². The summed E-state index contributed by atoms with van der Waals surface area (Å²) in [6, 6.07) is 5.80. The number of aromatic nitrogens is 4. The van der Waals surface area contributed by atoms with Gasteiger partial charge in [0.2, 0.25) is 0 Å². The summed E-state index contributed by atoms with van der Waals surface area (Å²) in [5.41, 5.74) is 0.0437. The number of tetrazole rings is 1. The molecule has 3 rings (SSSR count). The van der Waals surface area contributed by atoms with Gasteiger partial charge in [0.1, 0.15) is 11.4 Å². The van der Waals surface area contributed by atoms with Crippen LogP contribution < -0.4 is 0 Å². The molecule has 1 aliphatic rings. The van der Waals surface area contributed by atoms with Gasteiger partial charge in [-0.2, -0.15) is 0 Å². The summed E-state index contributed by atoms with van der Waals surface area (Å²) in [5.74, 6) is -1.27. The van der Waals surface area contributed by atoms with Crippen LogP contribution in [0.5, 0.6) is 0 Å². The second kappa shape index (κ2) is 6.59. The Kier molecular flexibility index (Phi) is 4.49. The maximum atomic E-state index is 12.4. The number of carbonyl (C=O) groups excluding carboxylic acids is 2. The maximum Gasteiger partial charge on any atom is 0.327 e. The molecular weight excluding hydrogens is 350 g/mol. The molecule has 1 amide bonds. The van der Waals surface area contributed by atoms with Crippen molar-refractivity contribution < 1.29 is 22.7 Å². The van der Waals surface area contributed by atoms with Crippen LogP contribution in [0.25, 0.3) is 0 Å². The Hall–Kier alpha value is -2.82. The molecule has 0 N–H and O–H groups in total. The molecule has 2 aromatic rings. The highest BCUT2D eigenvalue weighted by molar-refractivity contribution is 7.90. The number of esters is 1. The summed E-state index contributed by atoms with van der Waals surface area (Å²) < 4.78 is 31.7. The van der Waals surface area contributed by atoms with Crippen LogP contribution in [0.3, 0.4) is 0 Å². The van der Waals surface area contributed by atoms with Crippen LogP contribution >= 0.6 is 0 Å². The fourth-order valence-electron chi connectivity index (χ4n) is 2.41. The minimum atomic E-state index is -4.04. The summed E-state index contributed by atoms with van der Waals surface area (Å²) >= 11 is 0. The van der Waals surface area contributed by atoms with Gasteiger partial charge in [-0.25, -0.2) is 17.4 Å². The lowest BCUT2D eigenvalue weighted by atomic mass is 10.2. The lowest BCUT2D eigenvalue weighted by Crippen LogP contribution is -2.35. The van der Waals surface area contributed by atoms with E-state index in [1.807, 2.05) is 6.92 Å². The van der Waals surface area contributed by atoms with Crippen molar-refractivity contribution in [1.29, 1.82) is 0 Å². The third kappa shape index (κ3) is 3.09. The van der Waals surface area contributed by atoms with Gasteiger partial charge in [-0.15, -0.1) is 5.10 Å².